The average Bonchev–Trinajstić information content (AvgIpc) is 3.28. The van der Waals surface area contributed by atoms with Crippen LogP contribution < -0.4 is 10.6 Å². The van der Waals surface area contributed by atoms with Crippen molar-refractivity contribution in [3.63, 3.8) is 0 Å². The van der Waals surface area contributed by atoms with Gasteiger partial charge in [0.15, 0.2) is 11.6 Å². The standard InChI is InChI=1S/C22H27N7O4S/c1-34(31,32)28-8-6-27(7-9-28)22(30)17-14-19-21(26-10-12-33-13-11-26)24-20(25-29(19)15-17)16-2-4-18(23)5-3-16/h2-5,14-15H,6-13,23H2,1H3. The Balaban J connectivity index is 1.49. The Hall–Kier alpha value is -3.22. The first-order chi connectivity index (χ1) is 16.3. The number of carbonyl (C=O) groups is 1. The molecule has 0 saturated carbocycles. The van der Waals surface area contributed by atoms with Gasteiger partial charge in [-0.2, -0.15) is 4.31 Å². The summed E-state index contributed by atoms with van der Waals surface area (Å²) in [7, 11) is -3.26. The fourth-order valence-electron chi connectivity index (χ4n) is 4.27. The summed E-state index contributed by atoms with van der Waals surface area (Å²) in [6, 6.07) is 9.16. The van der Waals surface area contributed by atoms with Gasteiger partial charge in [0.2, 0.25) is 10.0 Å². The molecule has 0 atom stereocenters. The molecule has 0 bridgehead atoms. The van der Waals surface area contributed by atoms with Crippen molar-refractivity contribution >= 4 is 33.0 Å². The Morgan fingerprint density at radius 2 is 1.71 bits per heavy atom. The van der Waals surface area contributed by atoms with Crippen LogP contribution in [-0.4, -0.2) is 96.9 Å². The van der Waals surface area contributed by atoms with Crippen LogP contribution in [0.15, 0.2) is 36.5 Å². The molecule has 12 heteroatoms. The normalized spacial score (nSPS) is 17.9. The van der Waals surface area contributed by atoms with Crippen LogP contribution >= 0.6 is 0 Å². The van der Waals surface area contributed by atoms with Crippen LogP contribution in [0.4, 0.5) is 11.5 Å². The van der Waals surface area contributed by atoms with Gasteiger partial charge in [-0.25, -0.2) is 17.9 Å². The van der Waals surface area contributed by atoms with Crippen molar-refractivity contribution < 1.29 is 17.9 Å². The number of nitrogens with two attached hydrogens (primary N) is 1. The Kier molecular flexibility index (Phi) is 5.88. The number of amides is 1. The molecule has 0 spiro atoms. The maximum Gasteiger partial charge on any atom is 0.255 e. The zero-order valence-corrected chi connectivity index (χ0v) is 19.7. The fraction of sp³-hybridized carbons (Fsp3) is 0.409. The van der Waals surface area contributed by atoms with Crippen LogP contribution in [0.5, 0.6) is 0 Å². The molecule has 0 unspecified atom stereocenters. The number of benzene rings is 1. The van der Waals surface area contributed by atoms with E-state index in [1.54, 1.807) is 27.7 Å². The predicted octanol–water partition coefficient (Wildman–Crippen LogP) is 0.533. The number of ether oxygens (including phenoxy) is 1. The van der Waals surface area contributed by atoms with Crippen molar-refractivity contribution in [2.75, 3.05) is 69.4 Å². The van der Waals surface area contributed by atoms with Gasteiger partial charge in [0, 0.05) is 56.7 Å². The molecule has 5 rings (SSSR count). The largest absolute Gasteiger partial charge is 0.399 e. The van der Waals surface area contributed by atoms with Crippen molar-refractivity contribution in [1.82, 2.24) is 23.8 Å². The third-order valence-corrected chi connectivity index (χ3v) is 7.47. The molecule has 1 amide bonds. The number of anilines is 2. The summed E-state index contributed by atoms with van der Waals surface area (Å²) < 4.78 is 32.2. The molecule has 3 aromatic rings. The second kappa shape index (κ2) is 8.85. The maximum absolute atomic E-state index is 13.3. The fourth-order valence-corrected chi connectivity index (χ4v) is 5.10. The van der Waals surface area contributed by atoms with Crippen LogP contribution in [-0.2, 0) is 14.8 Å². The second-order valence-electron chi connectivity index (χ2n) is 8.49. The van der Waals surface area contributed by atoms with Gasteiger partial charge in [-0.3, -0.25) is 4.79 Å². The monoisotopic (exact) mass is 485 g/mol. The smallest absolute Gasteiger partial charge is 0.255 e. The highest BCUT2D eigenvalue weighted by Gasteiger charge is 2.28. The number of carbonyl (C=O) groups excluding carboxylic acids is 1. The number of aromatic nitrogens is 3. The summed E-state index contributed by atoms with van der Waals surface area (Å²) in [4.78, 5) is 21.9. The lowest BCUT2D eigenvalue weighted by molar-refractivity contribution is 0.0698. The molecule has 2 aromatic heterocycles. The van der Waals surface area contributed by atoms with Gasteiger partial charge >= 0.3 is 0 Å². The van der Waals surface area contributed by atoms with E-state index in [1.807, 2.05) is 18.2 Å². The molecule has 2 N–H and O–H groups in total. The first kappa shape index (κ1) is 22.6. The first-order valence-corrected chi connectivity index (χ1v) is 13.0. The van der Waals surface area contributed by atoms with E-state index in [4.69, 9.17) is 15.5 Å². The van der Waals surface area contributed by atoms with Crippen molar-refractivity contribution in [3.05, 3.63) is 42.1 Å². The number of piperazine rings is 1. The Morgan fingerprint density at radius 3 is 2.35 bits per heavy atom. The number of morpholine rings is 1. The summed E-state index contributed by atoms with van der Waals surface area (Å²) >= 11 is 0. The quantitative estimate of drug-likeness (QED) is 0.531. The van der Waals surface area contributed by atoms with Gasteiger partial charge < -0.3 is 20.3 Å². The number of nitrogens with zero attached hydrogens (tertiary/aromatic N) is 6. The van der Waals surface area contributed by atoms with Gasteiger partial charge in [0.25, 0.3) is 5.91 Å². The molecule has 0 radical (unpaired) electrons. The zero-order chi connectivity index (χ0) is 23.9. The third kappa shape index (κ3) is 4.43. The van der Waals surface area contributed by atoms with E-state index in [0.29, 0.717) is 56.5 Å². The molecule has 0 aliphatic carbocycles. The van der Waals surface area contributed by atoms with Crippen LogP contribution in [0.25, 0.3) is 16.9 Å². The van der Waals surface area contributed by atoms with Gasteiger partial charge in [-0.15, -0.1) is 5.10 Å². The topological polar surface area (TPSA) is 126 Å². The SMILES string of the molecule is CS(=O)(=O)N1CCN(C(=O)c2cc3c(N4CCOCC4)nc(-c4ccc(N)cc4)nn3c2)CC1. The highest BCUT2D eigenvalue weighted by Crippen LogP contribution is 2.27. The summed E-state index contributed by atoms with van der Waals surface area (Å²) in [5.74, 6) is 1.12. The molecule has 2 aliphatic rings. The minimum atomic E-state index is -3.26. The van der Waals surface area contributed by atoms with Gasteiger partial charge in [0.1, 0.15) is 5.52 Å². The number of hydrogen-bond donors (Lipinski definition) is 1. The van der Waals surface area contributed by atoms with E-state index in [2.05, 4.69) is 10.00 Å². The molecule has 4 heterocycles. The van der Waals surface area contributed by atoms with Gasteiger partial charge in [0.05, 0.1) is 25.0 Å². The molecule has 180 valence electrons. The Labute approximate surface area is 197 Å². The maximum atomic E-state index is 13.3. The zero-order valence-electron chi connectivity index (χ0n) is 18.9. The van der Waals surface area contributed by atoms with Crippen LogP contribution in [0.1, 0.15) is 10.4 Å². The lowest BCUT2D eigenvalue weighted by Crippen LogP contribution is -2.50. The number of nitrogen functional groups attached to an aromatic ring is 1. The van der Waals surface area contributed by atoms with E-state index in [-0.39, 0.29) is 19.0 Å². The van der Waals surface area contributed by atoms with E-state index in [9.17, 15) is 13.2 Å². The van der Waals surface area contributed by atoms with Gasteiger partial charge in [-0.1, -0.05) is 0 Å². The molecule has 1 aromatic carbocycles. The van der Waals surface area contributed by atoms with Crippen LogP contribution in [0.3, 0.4) is 0 Å². The Morgan fingerprint density at radius 1 is 1.03 bits per heavy atom. The van der Waals surface area contributed by atoms with E-state index in [1.165, 1.54) is 10.6 Å². The van der Waals surface area contributed by atoms with Crippen molar-refractivity contribution in [2.24, 2.45) is 0 Å². The number of rotatable bonds is 4. The molecule has 2 fully saturated rings. The van der Waals surface area contributed by atoms with Crippen molar-refractivity contribution in [2.45, 2.75) is 0 Å². The summed E-state index contributed by atoms with van der Waals surface area (Å²) in [6.07, 6.45) is 2.91. The predicted molar refractivity (Wildman–Crippen MR) is 128 cm³/mol. The lowest BCUT2D eigenvalue weighted by atomic mass is 10.2. The van der Waals surface area contributed by atoms with E-state index < -0.39 is 10.0 Å². The van der Waals surface area contributed by atoms with Gasteiger partial charge in [-0.05, 0) is 30.3 Å². The minimum Gasteiger partial charge on any atom is -0.399 e. The Bertz CT molecular complexity index is 1310. The summed E-state index contributed by atoms with van der Waals surface area (Å²) in [6.45, 7) is 3.85. The van der Waals surface area contributed by atoms with Crippen molar-refractivity contribution in [3.8, 4) is 11.4 Å². The molecule has 2 saturated heterocycles. The van der Waals surface area contributed by atoms with E-state index >= 15 is 0 Å². The first-order valence-electron chi connectivity index (χ1n) is 11.1. The average molecular weight is 486 g/mol. The molecule has 2 aliphatic heterocycles. The van der Waals surface area contributed by atoms with Crippen LogP contribution in [0, 0.1) is 0 Å². The summed E-state index contributed by atoms with van der Waals surface area (Å²) in [5, 5.41) is 4.67. The molecular formula is C22H27N7O4S. The highest BCUT2D eigenvalue weighted by atomic mass is 32.2. The molecule has 34 heavy (non-hydrogen) atoms. The molecule has 11 nitrogen and oxygen atoms in total. The third-order valence-electron chi connectivity index (χ3n) is 6.17. The lowest BCUT2D eigenvalue weighted by Gasteiger charge is -2.33. The number of sulfonamides is 1. The minimum absolute atomic E-state index is 0.152. The summed E-state index contributed by atoms with van der Waals surface area (Å²) in [5.41, 5.74) is 8.54. The highest BCUT2D eigenvalue weighted by molar-refractivity contribution is 7.88. The number of hydrogen-bond acceptors (Lipinski definition) is 8. The van der Waals surface area contributed by atoms with Crippen molar-refractivity contribution in [1.29, 1.82) is 0 Å². The second-order valence-corrected chi connectivity index (χ2v) is 10.5. The van der Waals surface area contributed by atoms with Crippen LogP contribution in [0.2, 0.25) is 0 Å². The number of fused-ring (bicyclic) bond motifs is 1. The van der Waals surface area contributed by atoms with E-state index in [0.717, 1.165) is 16.9 Å². The molecular weight excluding hydrogens is 458 g/mol.